The van der Waals surface area contributed by atoms with Gasteiger partial charge in [-0.3, -0.25) is 16.0 Å². The summed E-state index contributed by atoms with van der Waals surface area (Å²) in [6.45, 7) is 3.96. The minimum atomic E-state index is 0.738. The molecule has 27 heavy (non-hydrogen) atoms. The number of nitrogens with two attached hydrogens (primary N) is 2. The molecule has 0 amide bonds. The van der Waals surface area contributed by atoms with Crippen molar-refractivity contribution in [2.75, 3.05) is 11.2 Å². The lowest BCUT2D eigenvalue weighted by Gasteiger charge is -2.05. The maximum absolute atomic E-state index is 5.76. The van der Waals surface area contributed by atoms with Gasteiger partial charge in [-0.1, -0.05) is 24.3 Å². The van der Waals surface area contributed by atoms with Crippen LogP contribution in [0.1, 0.15) is 11.1 Å². The standard InChI is InChI=1S/C9H11N5.C9H10N4/c1-6-2-3-7(4-8(6)13-10)9-11-5-12-14-9;1-6-2-3-7(4-8(6)10)9-11-5-12-13-9/h2-5,13H,10H2,1H3,(H,11,12,14);2-5H,10H2,1H3,(H,11,12,13). The number of aromatic nitrogens is 6. The molecule has 9 heteroatoms. The average Bonchev–Trinajstić information content (AvgIpc) is 3.39. The van der Waals surface area contributed by atoms with Gasteiger partial charge in [0.25, 0.3) is 0 Å². The lowest BCUT2D eigenvalue weighted by atomic mass is 10.1. The number of nitrogens with one attached hydrogen (secondary N) is 3. The summed E-state index contributed by atoms with van der Waals surface area (Å²) in [4.78, 5) is 8.09. The second-order valence-corrected chi connectivity index (χ2v) is 5.91. The zero-order chi connectivity index (χ0) is 19.2. The molecule has 0 unspecified atom stereocenters. The summed E-state index contributed by atoms with van der Waals surface area (Å²) >= 11 is 0. The summed E-state index contributed by atoms with van der Waals surface area (Å²) in [6.07, 6.45) is 2.95. The van der Waals surface area contributed by atoms with E-state index < -0.39 is 0 Å². The molecule has 4 aromatic rings. The van der Waals surface area contributed by atoms with Crippen LogP contribution in [0.5, 0.6) is 0 Å². The number of nitrogen functional groups attached to an aromatic ring is 2. The van der Waals surface area contributed by atoms with Crippen LogP contribution in [0.3, 0.4) is 0 Å². The molecule has 2 aromatic heterocycles. The average molecular weight is 363 g/mol. The topological polar surface area (TPSA) is 147 Å². The smallest absolute Gasteiger partial charge is 0.155 e. The molecule has 0 saturated carbocycles. The first kappa shape index (κ1) is 18.1. The van der Waals surface area contributed by atoms with E-state index in [1.165, 1.54) is 12.7 Å². The molecule has 0 saturated heterocycles. The van der Waals surface area contributed by atoms with E-state index in [1.807, 2.05) is 50.2 Å². The van der Waals surface area contributed by atoms with E-state index in [1.54, 1.807) is 0 Å². The number of hydrogen-bond acceptors (Lipinski definition) is 7. The van der Waals surface area contributed by atoms with E-state index in [2.05, 4.69) is 35.8 Å². The van der Waals surface area contributed by atoms with Crippen molar-refractivity contribution in [3.8, 4) is 22.8 Å². The summed E-state index contributed by atoms with van der Waals surface area (Å²) in [5, 5.41) is 13.1. The minimum absolute atomic E-state index is 0.738. The third kappa shape index (κ3) is 4.28. The molecule has 0 aliphatic carbocycles. The van der Waals surface area contributed by atoms with Gasteiger partial charge in [-0.05, 0) is 37.1 Å². The van der Waals surface area contributed by atoms with E-state index >= 15 is 0 Å². The molecule has 2 aromatic carbocycles. The largest absolute Gasteiger partial charge is 0.398 e. The van der Waals surface area contributed by atoms with Crippen LogP contribution < -0.4 is 17.0 Å². The monoisotopic (exact) mass is 363 g/mol. The number of rotatable bonds is 3. The van der Waals surface area contributed by atoms with Crippen molar-refractivity contribution >= 4 is 11.4 Å². The molecule has 0 atom stereocenters. The van der Waals surface area contributed by atoms with Gasteiger partial charge >= 0.3 is 0 Å². The molecular formula is C18H21N9. The third-order valence-corrected chi connectivity index (χ3v) is 4.05. The second-order valence-electron chi connectivity index (χ2n) is 5.91. The predicted molar refractivity (Wildman–Crippen MR) is 105 cm³/mol. The maximum Gasteiger partial charge on any atom is 0.155 e. The van der Waals surface area contributed by atoms with Crippen LogP contribution in [0.2, 0.25) is 0 Å². The molecule has 0 aliphatic rings. The number of nitrogens with zero attached hydrogens (tertiary/aromatic N) is 4. The van der Waals surface area contributed by atoms with Gasteiger partial charge in [-0.2, -0.15) is 10.2 Å². The van der Waals surface area contributed by atoms with Gasteiger partial charge in [0.1, 0.15) is 12.7 Å². The van der Waals surface area contributed by atoms with Gasteiger partial charge in [0, 0.05) is 16.8 Å². The molecule has 9 nitrogen and oxygen atoms in total. The quantitative estimate of drug-likeness (QED) is 0.213. The van der Waals surface area contributed by atoms with Crippen LogP contribution in [0.25, 0.3) is 22.8 Å². The fourth-order valence-corrected chi connectivity index (χ4v) is 2.40. The van der Waals surface area contributed by atoms with E-state index in [9.17, 15) is 0 Å². The number of hydrazine groups is 1. The summed E-state index contributed by atoms with van der Waals surface area (Å²) in [5.41, 5.74) is 14.1. The minimum Gasteiger partial charge on any atom is -0.398 e. The van der Waals surface area contributed by atoms with Crippen molar-refractivity contribution in [1.29, 1.82) is 0 Å². The van der Waals surface area contributed by atoms with Crippen LogP contribution in [0.4, 0.5) is 11.4 Å². The normalized spacial score (nSPS) is 10.2. The van der Waals surface area contributed by atoms with Gasteiger partial charge < -0.3 is 11.2 Å². The zero-order valence-electron chi connectivity index (χ0n) is 15.1. The highest BCUT2D eigenvalue weighted by molar-refractivity contribution is 5.65. The molecule has 7 N–H and O–H groups in total. The van der Waals surface area contributed by atoms with Gasteiger partial charge in [0.05, 0.1) is 5.69 Å². The first-order valence-corrected chi connectivity index (χ1v) is 8.23. The fraction of sp³-hybridized carbons (Fsp3) is 0.111. The summed E-state index contributed by atoms with van der Waals surface area (Å²) < 4.78 is 0. The van der Waals surface area contributed by atoms with Gasteiger partial charge in [0.15, 0.2) is 11.6 Å². The lowest BCUT2D eigenvalue weighted by molar-refractivity contribution is 1.09. The maximum atomic E-state index is 5.76. The van der Waals surface area contributed by atoms with E-state index in [0.29, 0.717) is 0 Å². The molecule has 4 rings (SSSR count). The summed E-state index contributed by atoms with van der Waals surface area (Å²) in [6, 6.07) is 11.7. The number of aryl methyl sites for hydroxylation is 2. The van der Waals surface area contributed by atoms with E-state index in [-0.39, 0.29) is 0 Å². The lowest BCUT2D eigenvalue weighted by Crippen LogP contribution is -2.08. The van der Waals surface area contributed by atoms with Crippen LogP contribution in [0.15, 0.2) is 49.1 Å². The molecule has 0 fully saturated rings. The Balaban J connectivity index is 0.000000156. The van der Waals surface area contributed by atoms with E-state index in [4.69, 9.17) is 11.6 Å². The van der Waals surface area contributed by atoms with Crippen LogP contribution in [-0.2, 0) is 0 Å². The van der Waals surface area contributed by atoms with Gasteiger partial charge in [-0.25, -0.2) is 9.97 Å². The van der Waals surface area contributed by atoms with Gasteiger partial charge in [-0.15, -0.1) is 0 Å². The first-order chi connectivity index (χ1) is 13.1. The Bertz CT molecular complexity index is 992. The van der Waals surface area contributed by atoms with Crippen molar-refractivity contribution in [2.45, 2.75) is 13.8 Å². The number of aromatic amines is 2. The van der Waals surface area contributed by atoms with Crippen molar-refractivity contribution in [3.63, 3.8) is 0 Å². The fourth-order valence-electron chi connectivity index (χ4n) is 2.40. The number of hydrogen-bond donors (Lipinski definition) is 5. The molecule has 0 spiro atoms. The Labute approximate surface area is 156 Å². The first-order valence-electron chi connectivity index (χ1n) is 8.23. The number of benzene rings is 2. The summed E-state index contributed by atoms with van der Waals surface area (Å²) in [7, 11) is 0. The Kier molecular flexibility index (Phi) is 5.43. The Morgan fingerprint density at radius 3 is 1.85 bits per heavy atom. The summed E-state index contributed by atoms with van der Waals surface area (Å²) in [5.74, 6) is 6.86. The number of H-pyrrole nitrogens is 2. The Morgan fingerprint density at radius 2 is 1.37 bits per heavy atom. The molecule has 0 bridgehead atoms. The molecule has 138 valence electrons. The third-order valence-electron chi connectivity index (χ3n) is 4.05. The predicted octanol–water partition coefficient (Wildman–Crippen LogP) is 2.43. The second kappa shape index (κ2) is 8.11. The molecule has 0 radical (unpaired) electrons. The Morgan fingerprint density at radius 1 is 0.815 bits per heavy atom. The van der Waals surface area contributed by atoms with Crippen molar-refractivity contribution in [3.05, 3.63) is 60.2 Å². The van der Waals surface area contributed by atoms with Crippen LogP contribution >= 0.6 is 0 Å². The van der Waals surface area contributed by atoms with E-state index in [0.717, 1.165) is 45.3 Å². The molecule has 0 aliphatic heterocycles. The number of anilines is 2. The SMILES string of the molecule is Cc1ccc(-c2ncn[nH]2)cc1N.Cc1ccc(-c2ncn[nH]2)cc1NN. The highest BCUT2D eigenvalue weighted by atomic mass is 15.2. The van der Waals surface area contributed by atoms with Gasteiger partial charge in [0.2, 0.25) is 0 Å². The van der Waals surface area contributed by atoms with Crippen LogP contribution in [0, 0.1) is 13.8 Å². The van der Waals surface area contributed by atoms with Crippen LogP contribution in [-0.4, -0.2) is 30.4 Å². The zero-order valence-corrected chi connectivity index (χ0v) is 15.1. The molecular weight excluding hydrogens is 342 g/mol. The Hall–Kier alpha value is -3.72. The molecule has 2 heterocycles. The highest BCUT2D eigenvalue weighted by Crippen LogP contribution is 2.21. The highest BCUT2D eigenvalue weighted by Gasteiger charge is 2.03. The van der Waals surface area contributed by atoms with Crippen molar-refractivity contribution < 1.29 is 0 Å². The van der Waals surface area contributed by atoms with Crippen molar-refractivity contribution in [2.24, 2.45) is 5.84 Å². The van der Waals surface area contributed by atoms with Crippen molar-refractivity contribution in [1.82, 2.24) is 30.4 Å².